The van der Waals surface area contributed by atoms with Gasteiger partial charge in [-0.05, 0) is 43.4 Å². The fraction of sp³-hybridized carbons (Fsp3) is 0.310. The fourth-order valence-corrected chi connectivity index (χ4v) is 5.27. The van der Waals surface area contributed by atoms with E-state index in [9.17, 15) is 9.90 Å². The lowest BCUT2D eigenvalue weighted by Crippen LogP contribution is -2.50. The highest BCUT2D eigenvalue weighted by molar-refractivity contribution is 6.01. The van der Waals surface area contributed by atoms with Crippen LogP contribution in [-0.2, 0) is 6.54 Å². The number of carbonyl (C=O) groups is 1. The van der Waals surface area contributed by atoms with Crippen LogP contribution in [0.4, 0.5) is 5.82 Å². The molecule has 2 fully saturated rings. The molecule has 4 heterocycles. The first kappa shape index (κ1) is 22.9. The van der Waals surface area contributed by atoms with Crippen molar-refractivity contribution >= 4 is 28.4 Å². The molecule has 0 radical (unpaired) electrons. The molecule has 38 heavy (non-hydrogen) atoms. The minimum atomic E-state index is -0.502. The van der Waals surface area contributed by atoms with E-state index in [-0.39, 0.29) is 11.9 Å². The van der Waals surface area contributed by atoms with E-state index in [1.165, 1.54) is 5.56 Å². The summed E-state index contributed by atoms with van der Waals surface area (Å²) in [5.74, 6) is 0.555. The summed E-state index contributed by atoms with van der Waals surface area (Å²) < 4.78 is 3.99. The molecule has 0 saturated heterocycles. The summed E-state index contributed by atoms with van der Waals surface area (Å²) in [6.45, 7) is 0.667. The van der Waals surface area contributed by atoms with Gasteiger partial charge in [-0.1, -0.05) is 30.3 Å². The predicted molar refractivity (Wildman–Crippen MR) is 145 cm³/mol. The van der Waals surface area contributed by atoms with Gasteiger partial charge in [-0.25, -0.2) is 9.97 Å². The van der Waals surface area contributed by atoms with Crippen molar-refractivity contribution in [1.29, 1.82) is 0 Å². The molecule has 9 heteroatoms. The van der Waals surface area contributed by atoms with E-state index in [1.54, 1.807) is 10.7 Å². The predicted octanol–water partition coefficient (Wildman–Crippen LogP) is 3.97. The maximum absolute atomic E-state index is 13.3. The van der Waals surface area contributed by atoms with Crippen LogP contribution < -0.4 is 10.2 Å². The lowest BCUT2D eigenvalue weighted by Gasteiger charge is -2.32. The van der Waals surface area contributed by atoms with Gasteiger partial charge in [0.05, 0.1) is 24.0 Å². The number of fused-ring (bicyclic) bond motifs is 2. The Morgan fingerprint density at radius 1 is 1.11 bits per heavy atom. The summed E-state index contributed by atoms with van der Waals surface area (Å²) in [5.41, 5.74) is 4.75. The van der Waals surface area contributed by atoms with Gasteiger partial charge < -0.3 is 19.9 Å². The second-order valence-corrected chi connectivity index (χ2v) is 10.4. The van der Waals surface area contributed by atoms with Gasteiger partial charge in [-0.15, -0.1) is 0 Å². The molecular weight excluding hydrogens is 478 g/mol. The van der Waals surface area contributed by atoms with Crippen molar-refractivity contribution in [2.75, 3.05) is 11.9 Å². The third-order valence-electron chi connectivity index (χ3n) is 7.71. The Hall–Kier alpha value is -4.24. The zero-order chi connectivity index (χ0) is 25.8. The number of nitrogens with one attached hydrogen (secondary N) is 1. The van der Waals surface area contributed by atoms with E-state index in [4.69, 9.17) is 4.98 Å². The normalized spacial score (nSPS) is 19.0. The second kappa shape index (κ2) is 8.95. The first-order valence-electron chi connectivity index (χ1n) is 13.2. The number of nitrogens with zero attached hydrogens (tertiary/aromatic N) is 6. The van der Waals surface area contributed by atoms with Crippen molar-refractivity contribution in [2.45, 2.75) is 50.4 Å². The Balaban J connectivity index is 1.37. The van der Waals surface area contributed by atoms with Crippen LogP contribution >= 0.6 is 0 Å². The molecule has 192 valence electrons. The van der Waals surface area contributed by atoms with E-state index in [2.05, 4.69) is 49.3 Å². The van der Waals surface area contributed by atoms with Crippen LogP contribution in [0.2, 0.25) is 0 Å². The Labute approximate surface area is 219 Å². The summed E-state index contributed by atoms with van der Waals surface area (Å²) in [7, 11) is 2.02. The summed E-state index contributed by atoms with van der Waals surface area (Å²) in [5, 5.41) is 18.6. The molecule has 0 aliphatic heterocycles. The van der Waals surface area contributed by atoms with Crippen LogP contribution in [0.1, 0.15) is 47.6 Å². The number of aromatic nitrogens is 5. The third kappa shape index (κ3) is 3.90. The number of amides is 1. The highest BCUT2D eigenvalue weighted by Crippen LogP contribution is 2.41. The topological polar surface area (TPSA) is 101 Å². The molecule has 2 N–H and O–H groups in total. The van der Waals surface area contributed by atoms with Gasteiger partial charge in [-0.2, -0.15) is 9.61 Å². The van der Waals surface area contributed by atoms with Crippen LogP contribution in [0.3, 0.4) is 0 Å². The van der Waals surface area contributed by atoms with Crippen LogP contribution in [0.15, 0.2) is 67.1 Å². The van der Waals surface area contributed by atoms with Gasteiger partial charge in [0.25, 0.3) is 5.91 Å². The molecule has 2 aliphatic rings. The molecule has 2 atom stereocenters. The van der Waals surface area contributed by atoms with Crippen molar-refractivity contribution in [1.82, 2.24) is 29.5 Å². The van der Waals surface area contributed by atoms with Crippen molar-refractivity contribution in [3.05, 3.63) is 78.2 Å². The van der Waals surface area contributed by atoms with Crippen LogP contribution in [0.5, 0.6) is 0 Å². The van der Waals surface area contributed by atoms with E-state index >= 15 is 0 Å². The maximum Gasteiger partial charge on any atom is 0.257 e. The molecule has 4 aromatic heterocycles. The van der Waals surface area contributed by atoms with E-state index < -0.39 is 6.10 Å². The van der Waals surface area contributed by atoms with Crippen molar-refractivity contribution in [3.63, 3.8) is 0 Å². The maximum atomic E-state index is 13.3. The van der Waals surface area contributed by atoms with E-state index in [0.29, 0.717) is 30.2 Å². The van der Waals surface area contributed by atoms with Crippen molar-refractivity contribution in [3.8, 4) is 11.3 Å². The van der Waals surface area contributed by atoms with Crippen LogP contribution in [-0.4, -0.2) is 54.4 Å². The average molecular weight is 508 g/mol. The number of hydrogen-bond donors (Lipinski definition) is 2. The van der Waals surface area contributed by atoms with Crippen molar-refractivity contribution < 1.29 is 9.90 Å². The number of aliphatic hydroxyl groups is 1. The highest BCUT2D eigenvalue weighted by atomic mass is 16.3. The number of benzene rings is 1. The lowest BCUT2D eigenvalue weighted by atomic mass is 9.89. The van der Waals surface area contributed by atoms with Crippen LogP contribution in [0.25, 0.3) is 27.9 Å². The molecule has 9 nitrogen and oxygen atoms in total. The smallest absolute Gasteiger partial charge is 0.257 e. The molecule has 5 aromatic rings. The Morgan fingerprint density at radius 2 is 1.95 bits per heavy atom. The molecule has 2 aliphatic carbocycles. The largest absolute Gasteiger partial charge is 0.391 e. The Kier molecular flexibility index (Phi) is 5.40. The minimum Gasteiger partial charge on any atom is -0.391 e. The first-order valence-corrected chi connectivity index (χ1v) is 13.2. The van der Waals surface area contributed by atoms with Gasteiger partial charge in [0.15, 0.2) is 5.65 Å². The quantitative estimate of drug-likeness (QED) is 0.346. The number of pyridine rings is 1. The first-order chi connectivity index (χ1) is 18.6. The highest BCUT2D eigenvalue weighted by Gasteiger charge is 2.32. The summed E-state index contributed by atoms with van der Waals surface area (Å²) >= 11 is 0. The zero-order valence-electron chi connectivity index (χ0n) is 21.2. The summed E-state index contributed by atoms with van der Waals surface area (Å²) in [6, 6.07) is 16.6. The molecule has 0 spiro atoms. The van der Waals surface area contributed by atoms with Gasteiger partial charge >= 0.3 is 0 Å². The summed E-state index contributed by atoms with van der Waals surface area (Å²) in [4.78, 5) is 25.1. The number of aliphatic hydroxyl groups excluding tert-OH is 1. The van der Waals surface area contributed by atoms with E-state index in [1.807, 2.05) is 43.6 Å². The van der Waals surface area contributed by atoms with Crippen LogP contribution in [0, 0.1) is 0 Å². The molecular formula is C29H29N7O2. The second-order valence-electron chi connectivity index (χ2n) is 10.4. The SMILES string of the molecule is CN(Cc1ccccc1)c1cc(-c2cn(C3CC3)c3ncccc23)nc2c(C(=O)N[C@H]3CC[C@H]3O)cnn12. The summed E-state index contributed by atoms with van der Waals surface area (Å²) in [6.07, 6.45) is 8.82. The number of rotatable bonds is 7. The van der Waals surface area contributed by atoms with Gasteiger partial charge in [0.2, 0.25) is 0 Å². The van der Waals surface area contributed by atoms with Gasteiger partial charge in [-0.3, -0.25) is 4.79 Å². The molecule has 2 saturated carbocycles. The monoisotopic (exact) mass is 507 g/mol. The Bertz CT molecular complexity index is 1650. The molecule has 7 rings (SSSR count). The van der Waals surface area contributed by atoms with E-state index in [0.717, 1.165) is 47.4 Å². The van der Waals surface area contributed by atoms with Gasteiger partial charge in [0, 0.05) is 49.0 Å². The lowest BCUT2D eigenvalue weighted by molar-refractivity contribution is 0.0448. The zero-order valence-corrected chi connectivity index (χ0v) is 21.2. The molecule has 1 amide bonds. The number of anilines is 1. The van der Waals surface area contributed by atoms with Gasteiger partial charge in [0.1, 0.15) is 17.0 Å². The number of hydrogen-bond acceptors (Lipinski definition) is 6. The third-order valence-corrected chi connectivity index (χ3v) is 7.71. The molecule has 0 bridgehead atoms. The average Bonchev–Trinajstić information content (AvgIpc) is 3.57. The fourth-order valence-electron chi connectivity index (χ4n) is 5.27. The Morgan fingerprint density at radius 3 is 2.68 bits per heavy atom. The molecule has 0 unspecified atom stereocenters. The van der Waals surface area contributed by atoms with Crippen molar-refractivity contribution in [2.24, 2.45) is 0 Å². The minimum absolute atomic E-state index is 0.233. The standard InChI is InChI=1S/C29H29N7O2/c1-34(16-18-6-3-2-4-7-18)26-14-24(22-17-35(19-9-10-19)27-20(22)8-5-13-30-27)32-28-21(15-31-36(26)28)29(38)33-23-11-12-25(23)37/h2-8,13-15,17,19,23,25,37H,9-12,16H2,1H3,(H,33,38)/t23-,25+/m0/s1. The number of carbonyl (C=O) groups excluding carboxylic acids is 1. The molecule has 1 aromatic carbocycles.